The Kier molecular flexibility index (Phi) is 3.92. The Balaban J connectivity index is 1.30. The highest BCUT2D eigenvalue weighted by Crippen LogP contribution is 2.48. The Morgan fingerprint density at radius 1 is 0.667 bits per heavy atom. The fraction of sp³-hybridized carbons (Fsp3) is 1.00. The highest BCUT2D eigenvalue weighted by molar-refractivity contribution is 5.01. The van der Waals surface area contributed by atoms with E-state index in [9.17, 15) is 5.11 Å². The van der Waals surface area contributed by atoms with Crippen LogP contribution in [0.2, 0.25) is 0 Å². The van der Waals surface area contributed by atoms with Crippen LogP contribution in [-0.2, 0) is 23.7 Å². The van der Waals surface area contributed by atoms with Crippen molar-refractivity contribution in [3.8, 4) is 0 Å². The SMILES string of the molecule is OC1OC([C@H]2COC3(CCCCC3)O2)[C@H]2OC3(CCCCC3)O[C@@H]12. The average Bonchev–Trinajstić information content (AvgIpc) is 3.24. The summed E-state index contributed by atoms with van der Waals surface area (Å²) < 4.78 is 30.6. The molecule has 0 bridgehead atoms. The Labute approximate surface area is 142 Å². The summed E-state index contributed by atoms with van der Waals surface area (Å²) in [6.45, 7) is 0.511. The van der Waals surface area contributed by atoms with Crippen LogP contribution in [0.1, 0.15) is 64.2 Å². The Morgan fingerprint density at radius 3 is 2.00 bits per heavy atom. The molecule has 5 atom stereocenters. The van der Waals surface area contributed by atoms with Gasteiger partial charge in [-0.05, 0) is 25.7 Å². The van der Waals surface area contributed by atoms with Gasteiger partial charge in [-0.25, -0.2) is 0 Å². The third kappa shape index (κ3) is 2.54. The van der Waals surface area contributed by atoms with Gasteiger partial charge >= 0.3 is 0 Å². The van der Waals surface area contributed by atoms with E-state index in [0.717, 1.165) is 51.4 Å². The van der Waals surface area contributed by atoms with Crippen molar-refractivity contribution in [2.45, 2.75) is 106 Å². The molecule has 6 heteroatoms. The molecule has 3 saturated heterocycles. The summed E-state index contributed by atoms with van der Waals surface area (Å²) in [5.74, 6) is -0.949. The van der Waals surface area contributed by atoms with E-state index in [-0.39, 0.29) is 18.3 Å². The fourth-order valence-corrected chi connectivity index (χ4v) is 5.17. The molecular formula is C18H28O6. The van der Waals surface area contributed by atoms with E-state index in [4.69, 9.17) is 23.7 Å². The van der Waals surface area contributed by atoms with Gasteiger partial charge in [0.2, 0.25) is 0 Å². The molecule has 6 nitrogen and oxygen atoms in total. The zero-order valence-corrected chi connectivity index (χ0v) is 14.2. The minimum atomic E-state index is -0.937. The molecule has 0 radical (unpaired) electrons. The number of hydrogen-bond donors (Lipinski definition) is 1. The van der Waals surface area contributed by atoms with E-state index in [2.05, 4.69) is 0 Å². The van der Waals surface area contributed by atoms with Gasteiger partial charge in [0, 0.05) is 25.7 Å². The van der Waals surface area contributed by atoms with Crippen molar-refractivity contribution in [2.75, 3.05) is 6.61 Å². The first-order valence-corrected chi connectivity index (χ1v) is 9.70. The van der Waals surface area contributed by atoms with E-state index >= 15 is 0 Å². The summed E-state index contributed by atoms with van der Waals surface area (Å²) in [6, 6.07) is 0. The Bertz CT molecular complexity index is 470. The lowest BCUT2D eigenvalue weighted by atomic mass is 9.94. The molecule has 0 aromatic rings. The molecular weight excluding hydrogens is 312 g/mol. The lowest BCUT2D eigenvalue weighted by Crippen LogP contribution is -2.43. The molecule has 0 amide bonds. The number of hydrogen-bond acceptors (Lipinski definition) is 6. The van der Waals surface area contributed by atoms with Crippen molar-refractivity contribution >= 4 is 0 Å². The second-order valence-electron chi connectivity index (χ2n) is 8.07. The minimum Gasteiger partial charge on any atom is -0.366 e. The molecule has 0 aromatic heterocycles. The third-order valence-corrected chi connectivity index (χ3v) is 6.40. The molecule has 136 valence electrons. The normalized spacial score (nSPS) is 46.6. The first kappa shape index (κ1) is 16.0. The summed E-state index contributed by atoms with van der Waals surface area (Å²) in [6.07, 6.45) is 8.64. The average molecular weight is 340 g/mol. The fourth-order valence-electron chi connectivity index (χ4n) is 5.17. The number of aliphatic hydroxyl groups is 1. The summed E-state index contributed by atoms with van der Waals surface area (Å²) in [4.78, 5) is 0. The number of ether oxygens (including phenoxy) is 5. The van der Waals surface area contributed by atoms with E-state index < -0.39 is 24.0 Å². The molecule has 2 aliphatic carbocycles. The summed E-state index contributed by atoms with van der Waals surface area (Å²) in [5, 5.41) is 10.3. The third-order valence-electron chi connectivity index (χ3n) is 6.40. The molecule has 5 aliphatic rings. The number of aliphatic hydroxyl groups excluding tert-OH is 1. The van der Waals surface area contributed by atoms with Gasteiger partial charge in [0.15, 0.2) is 17.9 Å². The highest BCUT2D eigenvalue weighted by Gasteiger charge is 2.61. The maximum atomic E-state index is 10.3. The first-order valence-electron chi connectivity index (χ1n) is 9.70. The van der Waals surface area contributed by atoms with Crippen molar-refractivity contribution in [1.29, 1.82) is 0 Å². The van der Waals surface area contributed by atoms with Crippen LogP contribution >= 0.6 is 0 Å². The van der Waals surface area contributed by atoms with Gasteiger partial charge in [-0.1, -0.05) is 12.8 Å². The lowest BCUT2D eigenvalue weighted by molar-refractivity contribution is -0.260. The Hall–Kier alpha value is -0.240. The van der Waals surface area contributed by atoms with Gasteiger partial charge in [-0.3, -0.25) is 0 Å². The van der Waals surface area contributed by atoms with E-state index in [1.165, 1.54) is 12.8 Å². The predicted octanol–water partition coefficient (Wildman–Crippen LogP) is 2.22. The van der Waals surface area contributed by atoms with Crippen molar-refractivity contribution in [3.05, 3.63) is 0 Å². The van der Waals surface area contributed by atoms with Gasteiger partial charge in [0.1, 0.15) is 24.4 Å². The molecule has 2 saturated carbocycles. The lowest BCUT2D eigenvalue weighted by Gasteiger charge is -2.35. The first-order chi connectivity index (χ1) is 11.7. The van der Waals surface area contributed by atoms with Gasteiger partial charge < -0.3 is 28.8 Å². The van der Waals surface area contributed by atoms with Crippen molar-refractivity contribution in [2.24, 2.45) is 0 Å². The molecule has 3 heterocycles. The maximum Gasteiger partial charge on any atom is 0.184 e. The van der Waals surface area contributed by atoms with Crippen LogP contribution in [0.25, 0.3) is 0 Å². The predicted molar refractivity (Wildman–Crippen MR) is 83.1 cm³/mol. The maximum absolute atomic E-state index is 10.3. The van der Waals surface area contributed by atoms with Gasteiger partial charge in [0.05, 0.1) is 6.61 Å². The van der Waals surface area contributed by atoms with E-state index in [0.29, 0.717) is 6.61 Å². The Morgan fingerprint density at radius 2 is 1.29 bits per heavy atom. The molecule has 1 N–H and O–H groups in total. The smallest absolute Gasteiger partial charge is 0.184 e. The van der Waals surface area contributed by atoms with Crippen LogP contribution in [-0.4, -0.2) is 54.0 Å². The largest absolute Gasteiger partial charge is 0.366 e. The molecule has 2 spiro atoms. The van der Waals surface area contributed by atoms with Crippen molar-refractivity contribution in [1.82, 2.24) is 0 Å². The summed E-state index contributed by atoms with van der Waals surface area (Å²) in [7, 11) is 0. The second-order valence-corrected chi connectivity index (χ2v) is 8.07. The van der Waals surface area contributed by atoms with Crippen molar-refractivity contribution in [3.63, 3.8) is 0 Å². The van der Waals surface area contributed by atoms with Gasteiger partial charge in [0.25, 0.3) is 0 Å². The minimum absolute atomic E-state index is 0.185. The molecule has 0 aromatic carbocycles. The van der Waals surface area contributed by atoms with Gasteiger partial charge in [-0.15, -0.1) is 0 Å². The molecule has 5 rings (SSSR count). The standard InChI is InChI=1S/C18H28O6/c19-16-15-14(23-18(24-15)9-5-2-6-10-18)13(21-16)12-11-20-17(22-12)7-3-1-4-8-17/h12-16,19H,1-11H2/t12-,13?,14-,15-,16?/m1/s1. The molecule has 3 aliphatic heterocycles. The van der Waals surface area contributed by atoms with Crippen LogP contribution in [0.3, 0.4) is 0 Å². The molecule has 24 heavy (non-hydrogen) atoms. The van der Waals surface area contributed by atoms with E-state index in [1.54, 1.807) is 0 Å². The topological polar surface area (TPSA) is 66.4 Å². The zero-order valence-electron chi connectivity index (χ0n) is 14.2. The van der Waals surface area contributed by atoms with Crippen LogP contribution in [0.4, 0.5) is 0 Å². The van der Waals surface area contributed by atoms with Crippen LogP contribution in [0.5, 0.6) is 0 Å². The summed E-state index contributed by atoms with van der Waals surface area (Å²) in [5.41, 5.74) is 0. The number of fused-ring (bicyclic) bond motifs is 1. The van der Waals surface area contributed by atoms with E-state index in [1.807, 2.05) is 0 Å². The van der Waals surface area contributed by atoms with Crippen molar-refractivity contribution < 1.29 is 28.8 Å². The van der Waals surface area contributed by atoms with Crippen LogP contribution < -0.4 is 0 Å². The second kappa shape index (κ2) is 5.89. The molecule has 2 unspecified atom stereocenters. The monoisotopic (exact) mass is 340 g/mol. The summed E-state index contributed by atoms with van der Waals surface area (Å²) >= 11 is 0. The zero-order chi connectivity index (χ0) is 16.2. The number of rotatable bonds is 1. The highest BCUT2D eigenvalue weighted by atomic mass is 16.8. The molecule has 5 fully saturated rings. The van der Waals surface area contributed by atoms with Crippen LogP contribution in [0.15, 0.2) is 0 Å². The quantitative estimate of drug-likeness (QED) is 0.789. The van der Waals surface area contributed by atoms with Gasteiger partial charge in [-0.2, -0.15) is 0 Å². The van der Waals surface area contributed by atoms with Crippen LogP contribution in [0, 0.1) is 0 Å².